The highest BCUT2D eigenvalue weighted by Gasteiger charge is 2.14. The summed E-state index contributed by atoms with van der Waals surface area (Å²) in [6.45, 7) is 0. The highest BCUT2D eigenvalue weighted by atomic mass is 16.1. The standard InChI is InChI=1S/C6H6N2O2.C6H4O2/c7-3-1-5(9)4(8)2-6(3)10;7-5-1-2-6(8)4-3-5/h1-2H,7-8H2;1-4H. The Kier molecular flexibility index (Phi) is 4.09. The van der Waals surface area contributed by atoms with Crippen LogP contribution < -0.4 is 11.5 Å². The van der Waals surface area contributed by atoms with Gasteiger partial charge in [-0.2, -0.15) is 0 Å². The fourth-order valence-electron chi connectivity index (χ4n) is 1.03. The van der Waals surface area contributed by atoms with E-state index in [2.05, 4.69) is 0 Å². The molecule has 0 spiro atoms. The fraction of sp³-hybridized carbons (Fsp3) is 0. The number of rotatable bonds is 0. The Bertz CT molecular complexity index is 484. The van der Waals surface area contributed by atoms with Crippen molar-refractivity contribution in [2.75, 3.05) is 0 Å². The Morgan fingerprint density at radius 3 is 1.17 bits per heavy atom. The molecule has 0 radical (unpaired) electrons. The van der Waals surface area contributed by atoms with E-state index in [9.17, 15) is 19.2 Å². The molecule has 0 aliphatic heterocycles. The molecule has 18 heavy (non-hydrogen) atoms. The van der Waals surface area contributed by atoms with Crippen molar-refractivity contribution in [1.82, 2.24) is 0 Å². The second kappa shape index (κ2) is 5.53. The molecular formula is C12H10N2O4. The van der Waals surface area contributed by atoms with E-state index in [1.165, 1.54) is 24.3 Å². The summed E-state index contributed by atoms with van der Waals surface area (Å²) in [6, 6.07) is 0. The number of hydrogen-bond acceptors (Lipinski definition) is 6. The first-order valence-electron chi connectivity index (χ1n) is 4.87. The van der Waals surface area contributed by atoms with E-state index >= 15 is 0 Å². The Hall–Kier alpha value is -2.76. The minimum atomic E-state index is -0.405. The van der Waals surface area contributed by atoms with Crippen LogP contribution >= 0.6 is 0 Å². The molecule has 0 bridgehead atoms. The van der Waals surface area contributed by atoms with Crippen molar-refractivity contribution in [2.24, 2.45) is 11.5 Å². The van der Waals surface area contributed by atoms with Gasteiger partial charge in [-0.25, -0.2) is 0 Å². The molecule has 0 atom stereocenters. The van der Waals surface area contributed by atoms with Gasteiger partial charge in [-0.05, 0) is 24.3 Å². The molecule has 0 aromatic carbocycles. The summed E-state index contributed by atoms with van der Waals surface area (Å²) in [7, 11) is 0. The molecule has 6 heteroatoms. The molecule has 0 saturated carbocycles. The van der Waals surface area contributed by atoms with Gasteiger partial charge in [0.2, 0.25) is 11.6 Å². The number of ketones is 4. The zero-order valence-electron chi connectivity index (χ0n) is 9.25. The Balaban J connectivity index is 0.000000184. The predicted octanol–water partition coefficient (Wildman–Crippen LogP) is -0.926. The maximum absolute atomic E-state index is 10.6. The first-order chi connectivity index (χ1) is 8.40. The summed E-state index contributed by atoms with van der Waals surface area (Å²) in [5, 5.41) is 0. The van der Waals surface area contributed by atoms with Crippen LogP contribution in [-0.2, 0) is 19.2 Å². The average molecular weight is 246 g/mol. The maximum Gasteiger partial charge on any atom is 0.203 e. The first-order valence-corrected chi connectivity index (χ1v) is 4.87. The number of carbonyl (C=O) groups excluding carboxylic acids is 4. The molecule has 0 unspecified atom stereocenters. The fourth-order valence-corrected chi connectivity index (χ4v) is 1.03. The van der Waals surface area contributed by atoms with Gasteiger partial charge < -0.3 is 11.5 Å². The highest BCUT2D eigenvalue weighted by Crippen LogP contribution is 2.02. The lowest BCUT2D eigenvalue weighted by molar-refractivity contribution is -0.115. The molecule has 2 rings (SSSR count). The van der Waals surface area contributed by atoms with Gasteiger partial charge in [0.1, 0.15) is 0 Å². The van der Waals surface area contributed by atoms with Crippen LogP contribution in [0.15, 0.2) is 47.9 Å². The van der Waals surface area contributed by atoms with Gasteiger partial charge in [-0.1, -0.05) is 0 Å². The molecule has 6 nitrogen and oxygen atoms in total. The lowest BCUT2D eigenvalue weighted by Gasteiger charge is -2.02. The average Bonchev–Trinajstić information content (AvgIpc) is 2.31. The van der Waals surface area contributed by atoms with Gasteiger partial charge in [0.25, 0.3) is 0 Å². The van der Waals surface area contributed by atoms with Gasteiger partial charge in [0.05, 0.1) is 11.4 Å². The molecule has 0 saturated heterocycles. The quantitative estimate of drug-likeness (QED) is 0.533. The zero-order chi connectivity index (χ0) is 13.7. The van der Waals surface area contributed by atoms with Crippen molar-refractivity contribution in [1.29, 1.82) is 0 Å². The summed E-state index contributed by atoms with van der Waals surface area (Å²) in [5.41, 5.74) is 10.1. The van der Waals surface area contributed by atoms with E-state index in [4.69, 9.17) is 11.5 Å². The summed E-state index contributed by atoms with van der Waals surface area (Å²) in [4.78, 5) is 41.9. The van der Waals surface area contributed by atoms with Gasteiger partial charge in [0.15, 0.2) is 11.6 Å². The highest BCUT2D eigenvalue weighted by molar-refractivity contribution is 6.19. The van der Waals surface area contributed by atoms with E-state index in [0.29, 0.717) is 0 Å². The molecular weight excluding hydrogens is 236 g/mol. The lowest BCUT2D eigenvalue weighted by Crippen LogP contribution is -2.21. The normalized spacial score (nSPS) is 18.0. The molecule has 2 aliphatic rings. The third-order valence-electron chi connectivity index (χ3n) is 1.97. The van der Waals surface area contributed by atoms with Crippen molar-refractivity contribution in [3.05, 3.63) is 47.9 Å². The number of allylic oxidation sites excluding steroid dienone is 6. The number of nitrogens with two attached hydrogens (primary N) is 2. The number of hydrogen-bond donors (Lipinski definition) is 2. The molecule has 2 aliphatic carbocycles. The van der Waals surface area contributed by atoms with Crippen molar-refractivity contribution in [3.63, 3.8) is 0 Å². The van der Waals surface area contributed by atoms with Crippen LogP contribution in [-0.4, -0.2) is 23.1 Å². The van der Waals surface area contributed by atoms with E-state index in [1.54, 1.807) is 0 Å². The van der Waals surface area contributed by atoms with Crippen molar-refractivity contribution in [2.45, 2.75) is 0 Å². The largest absolute Gasteiger partial charge is 0.395 e. The van der Waals surface area contributed by atoms with E-state index in [-0.39, 0.29) is 23.0 Å². The van der Waals surface area contributed by atoms with Crippen LogP contribution in [0.25, 0.3) is 0 Å². The smallest absolute Gasteiger partial charge is 0.203 e. The van der Waals surface area contributed by atoms with Gasteiger partial charge >= 0.3 is 0 Å². The van der Waals surface area contributed by atoms with Crippen LogP contribution in [0.5, 0.6) is 0 Å². The SMILES string of the molecule is NC1=CC(=O)C(N)=CC1=O.O=C1C=CC(=O)C=C1. The molecule has 0 heterocycles. The van der Waals surface area contributed by atoms with Crippen LogP contribution in [0.1, 0.15) is 0 Å². The van der Waals surface area contributed by atoms with E-state index in [1.807, 2.05) is 0 Å². The maximum atomic E-state index is 10.6. The van der Waals surface area contributed by atoms with Crippen LogP contribution in [0.4, 0.5) is 0 Å². The first kappa shape index (κ1) is 13.3. The van der Waals surface area contributed by atoms with Gasteiger partial charge in [-0.15, -0.1) is 0 Å². The summed E-state index contributed by atoms with van der Waals surface area (Å²) in [6.07, 6.45) is 7.06. The molecule has 0 amide bonds. The lowest BCUT2D eigenvalue weighted by atomic mass is 10.1. The van der Waals surface area contributed by atoms with Crippen LogP contribution in [0, 0.1) is 0 Å². The van der Waals surface area contributed by atoms with Crippen LogP contribution in [0.2, 0.25) is 0 Å². The Labute approximate surface area is 102 Å². The second-order valence-corrected chi connectivity index (χ2v) is 3.40. The molecule has 0 fully saturated rings. The Morgan fingerprint density at radius 2 is 0.889 bits per heavy atom. The third-order valence-corrected chi connectivity index (χ3v) is 1.97. The third kappa shape index (κ3) is 3.67. The van der Waals surface area contributed by atoms with Gasteiger partial charge in [0, 0.05) is 12.2 Å². The van der Waals surface area contributed by atoms with Crippen molar-refractivity contribution >= 4 is 23.1 Å². The Morgan fingerprint density at radius 1 is 0.611 bits per heavy atom. The topological polar surface area (TPSA) is 120 Å². The minimum Gasteiger partial charge on any atom is -0.395 e. The molecule has 0 aromatic rings. The van der Waals surface area contributed by atoms with E-state index in [0.717, 1.165) is 12.2 Å². The van der Waals surface area contributed by atoms with E-state index < -0.39 is 11.6 Å². The predicted molar refractivity (Wildman–Crippen MR) is 62.8 cm³/mol. The molecule has 4 N–H and O–H groups in total. The zero-order valence-corrected chi connectivity index (χ0v) is 9.25. The summed E-state index contributed by atoms with van der Waals surface area (Å²) in [5.74, 6) is -1.05. The monoisotopic (exact) mass is 246 g/mol. The van der Waals surface area contributed by atoms with Crippen LogP contribution in [0.3, 0.4) is 0 Å². The second-order valence-electron chi connectivity index (χ2n) is 3.40. The number of carbonyl (C=O) groups is 4. The van der Waals surface area contributed by atoms with Crippen molar-refractivity contribution < 1.29 is 19.2 Å². The van der Waals surface area contributed by atoms with Crippen molar-refractivity contribution in [3.8, 4) is 0 Å². The van der Waals surface area contributed by atoms with Gasteiger partial charge in [-0.3, -0.25) is 19.2 Å². The summed E-state index contributed by atoms with van der Waals surface area (Å²) >= 11 is 0. The molecule has 0 aromatic heterocycles. The summed E-state index contributed by atoms with van der Waals surface area (Å²) < 4.78 is 0. The minimum absolute atomic E-state index is 0.0563. The molecule has 92 valence electrons.